The van der Waals surface area contributed by atoms with Crippen LogP contribution in [0.4, 0.5) is 0 Å². The fraction of sp³-hybridized carbons (Fsp3) is 0.400. The Labute approximate surface area is 77.2 Å². The Kier molecular flexibility index (Phi) is 1.79. The Morgan fingerprint density at radius 2 is 2.08 bits per heavy atom. The SMILES string of the molecule is Cc1cncc2nc(C(C)C)[nH]c12. The molecule has 1 N–H and O–H groups in total. The van der Waals surface area contributed by atoms with E-state index in [2.05, 4.69) is 28.8 Å². The molecule has 2 aromatic heterocycles. The van der Waals surface area contributed by atoms with Crippen LogP contribution < -0.4 is 0 Å². The molecule has 2 heterocycles. The van der Waals surface area contributed by atoms with Crippen LogP contribution in [-0.4, -0.2) is 15.0 Å². The number of aryl methyl sites for hydroxylation is 1. The molecule has 0 fully saturated rings. The van der Waals surface area contributed by atoms with E-state index < -0.39 is 0 Å². The number of hydrogen-bond donors (Lipinski definition) is 1. The third-order valence-corrected chi connectivity index (χ3v) is 2.16. The maximum atomic E-state index is 4.46. The van der Waals surface area contributed by atoms with Crippen LogP contribution in [0.5, 0.6) is 0 Å². The molecule has 68 valence electrons. The second kappa shape index (κ2) is 2.83. The van der Waals surface area contributed by atoms with Crippen molar-refractivity contribution in [2.24, 2.45) is 0 Å². The highest BCUT2D eigenvalue weighted by Gasteiger charge is 2.07. The lowest BCUT2D eigenvalue weighted by molar-refractivity contribution is 0.799. The Morgan fingerprint density at radius 3 is 2.69 bits per heavy atom. The van der Waals surface area contributed by atoms with Crippen LogP contribution in [0.15, 0.2) is 12.4 Å². The van der Waals surface area contributed by atoms with Gasteiger partial charge in [0.15, 0.2) is 0 Å². The molecule has 13 heavy (non-hydrogen) atoms. The van der Waals surface area contributed by atoms with Crippen LogP contribution in [0, 0.1) is 6.92 Å². The monoisotopic (exact) mass is 175 g/mol. The minimum Gasteiger partial charge on any atom is -0.341 e. The first-order valence-electron chi connectivity index (χ1n) is 4.48. The summed E-state index contributed by atoms with van der Waals surface area (Å²) < 4.78 is 0. The van der Waals surface area contributed by atoms with Gasteiger partial charge in [0.05, 0.1) is 11.7 Å². The van der Waals surface area contributed by atoms with E-state index in [-0.39, 0.29) is 0 Å². The molecule has 0 bridgehead atoms. The summed E-state index contributed by atoms with van der Waals surface area (Å²) in [5.41, 5.74) is 3.22. The van der Waals surface area contributed by atoms with Gasteiger partial charge in [-0.1, -0.05) is 13.8 Å². The van der Waals surface area contributed by atoms with Crippen LogP contribution in [0.3, 0.4) is 0 Å². The number of H-pyrrole nitrogens is 1. The first-order chi connectivity index (χ1) is 6.18. The number of nitrogens with zero attached hydrogens (tertiary/aromatic N) is 2. The molecular formula is C10H13N3. The van der Waals surface area contributed by atoms with Gasteiger partial charge in [0.25, 0.3) is 0 Å². The minimum atomic E-state index is 0.437. The molecule has 2 rings (SSSR count). The summed E-state index contributed by atoms with van der Waals surface area (Å²) in [6, 6.07) is 0. The number of nitrogens with one attached hydrogen (secondary N) is 1. The molecule has 0 saturated heterocycles. The van der Waals surface area contributed by atoms with Gasteiger partial charge < -0.3 is 4.98 Å². The van der Waals surface area contributed by atoms with Gasteiger partial charge in [-0.15, -0.1) is 0 Å². The predicted molar refractivity (Wildman–Crippen MR) is 52.7 cm³/mol. The number of fused-ring (bicyclic) bond motifs is 1. The Balaban J connectivity index is 2.68. The summed E-state index contributed by atoms with van der Waals surface area (Å²) in [4.78, 5) is 11.9. The molecule has 0 aliphatic carbocycles. The number of pyridine rings is 1. The second-order valence-electron chi connectivity index (χ2n) is 3.63. The van der Waals surface area contributed by atoms with Crippen LogP contribution in [-0.2, 0) is 0 Å². The molecule has 0 aliphatic rings. The maximum Gasteiger partial charge on any atom is 0.109 e. The third-order valence-electron chi connectivity index (χ3n) is 2.16. The highest BCUT2D eigenvalue weighted by atomic mass is 14.9. The second-order valence-corrected chi connectivity index (χ2v) is 3.63. The van der Waals surface area contributed by atoms with Crippen molar-refractivity contribution in [1.82, 2.24) is 15.0 Å². The largest absolute Gasteiger partial charge is 0.341 e. The quantitative estimate of drug-likeness (QED) is 0.723. The number of rotatable bonds is 1. The first kappa shape index (κ1) is 8.23. The normalized spacial score (nSPS) is 11.4. The summed E-state index contributed by atoms with van der Waals surface area (Å²) in [6.45, 7) is 6.29. The highest BCUT2D eigenvalue weighted by molar-refractivity contribution is 5.77. The van der Waals surface area contributed by atoms with Crippen molar-refractivity contribution in [1.29, 1.82) is 0 Å². The standard InChI is InChI=1S/C10H13N3/c1-6(2)10-12-8-5-11-4-7(3)9(8)13-10/h4-6H,1-3H3,(H,12,13). The van der Waals surface area contributed by atoms with E-state index >= 15 is 0 Å². The van der Waals surface area contributed by atoms with Gasteiger partial charge in [0.2, 0.25) is 0 Å². The third kappa shape index (κ3) is 1.30. The molecule has 0 unspecified atom stereocenters. The Hall–Kier alpha value is -1.38. The van der Waals surface area contributed by atoms with Crippen LogP contribution >= 0.6 is 0 Å². The van der Waals surface area contributed by atoms with Gasteiger partial charge in [-0.05, 0) is 12.5 Å². The average molecular weight is 175 g/mol. The van der Waals surface area contributed by atoms with E-state index in [1.807, 2.05) is 13.1 Å². The van der Waals surface area contributed by atoms with Gasteiger partial charge >= 0.3 is 0 Å². The van der Waals surface area contributed by atoms with Crippen molar-refractivity contribution >= 4 is 11.0 Å². The molecule has 0 atom stereocenters. The van der Waals surface area contributed by atoms with Gasteiger partial charge in [-0.3, -0.25) is 4.98 Å². The zero-order chi connectivity index (χ0) is 9.42. The zero-order valence-corrected chi connectivity index (χ0v) is 8.13. The fourth-order valence-electron chi connectivity index (χ4n) is 1.36. The van der Waals surface area contributed by atoms with Gasteiger partial charge in [0.1, 0.15) is 11.3 Å². The van der Waals surface area contributed by atoms with Crippen molar-refractivity contribution in [3.8, 4) is 0 Å². The lowest BCUT2D eigenvalue weighted by Crippen LogP contribution is -1.88. The van der Waals surface area contributed by atoms with E-state index in [1.165, 1.54) is 0 Å². The topological polar surface area (TPSA) is 41.6 Å². The van der Waals surface area contributed by atoms with Crippen LogP contribution in [0.1, 0.15) is 31.2 Å². The van der Waals surface area contributed by atoms with E-state index in [1.54, 1.807) is 6.20 Å². The van der Waals surface area contributed by atoms with Crippen molar-refractivity contribution in [3.05, 3.63) is 23.8 Å². The van der Waals surface area contributed by atoms with Gasteiger partial charge in [0, 0.05) is 12.1 Å². The van der Waals surface area contributed by atoms with Crippen molar-refractivity contribution < 1.29 is 0 Å². The smallest absolute Gasteiger partial charge is 0.109 e. The lowest BCUT2D eigenvalue weighted by Gasteiger charge is -1.96. The number of hydrogen-bond acceptors (Lipinski definition) is 2. The molecule has 2 aromatic rings. The van der Waals surface area contributed by atoms with Crippen molar-refractivity contribution in [3.63, 3.8) is 0 Å². The minimum absolute atomic E-state index is 0.437. The van der Waals surface area contributed by atoms with E-state index in [4.69, 9.17) is 0 Å². The van der Waals surface area contributed by atoms with Crippen LogP contribution in [0.2, 0.25) is 0 Å². The summed E-state index contributed by atoms with van der Waals surface area (Å²) in [5.74, 6) is 1.47. The van der Waals surface area contributed by atoms with Crippen molar-refractivity contribution in [2.45, 2.75) is 26.7 Å². The van der Waals surface area contributed by atoms with E-state index in [0.717, 1.165) is 22.4 Å². The summed E-state index contributed by atoms with van der Waals surface area (Å²) in [6.07, 6.45) is 3.65. The first-order valence-corrected chi connectivity index (χ1v) is 4.48. The highest BCUT2D eigenvalue weighted by Crippen LogP contribution is 2.18. The molecule has 3 heteroatoms. The number of aromatic nitrogens is 3. The zero-order valence-electron chi connectivity index (χ0n) is 8.13. The summed E-state index contributed by atoms with van der Waals surface area (Å²) in [7, 11) is 0. The maximum absolute atomic E-state index is 4.46. The Bertz CT molecular complexity index is 429. The van der Waals surface area contributed by atoms with Gasteiger partial charge in [-0.25, -0.2) is 4.98 Å². The molecule has 0 spiro atoms. The average Bonchev–Trinajstić information content (AvgIpc) is 2.49. The molecule has 3 nitrogen and oxygen atoms in total. The summed E-state index contributed by atoms with van der Waals surface area (Å²) >= 11 is 0. The van der Waals surface area contributed by atoms with E-state index in [0.29, 0.717) is 5.92 Å². The summed E-state index contributed by atoms with van der Waals surface area (Å²) in [5, 5.41) is 0. The van der Waals surface area contributed by atoms with Crippen LogP contribution in [0.25, 0.3) is 11.0 Å². The Morgan fingerprint density at radius 1 is 1.31 bits per heavy atom. The molecule has 0 saturated carbocycles. The predicted octanol–water partition coefficient (Wildman–Crippen LogP) is 2.39. The van der Waals surface area contributed by atoms with Crippen molar-refractivity contribution in [2.75, 3.05) is 0 Å². The molecule has 0 aromatic carbocycles. The number of imidazole rings is 1. The molecular weight excluding hydrogens is 162 g/mol. The lowest BCUT2D eigenvalue weighted by atomic mass is 10.2. The fourth-order valence-corrected chi connectivity index (χ4v) is 1.36. The molecule has 0 radical (unpaired) electrons. The number of aromatic amines is 1. The van der Waals surface area contributed by atoms with E-state index in [9.17, 15) is 0 Å². The molecule has 0 amide bonds. The molecule has 0 aliphatic heterocycles. The van der Waals surface area contributed by atoms with Gasteiger partial charge in [-0.2, -0.15) is 0 Å².